The summed E-state index contributed by atoms with van der Waals surface area (Å²) in [6.45, 7) is 2.40. The van der Waals surface area contributed by atoms with Crippen molar-refractivity contribution in [2.24, 2.45) is 0 Å². The van der Waals surface area contributed by atoms with Gasteiger partial charge in [-0.2, -0.15) is 5.10 Å². The van der Waals surface area contributed by atoms with Gasteiger partial charge in [-0.15, -0.1) is 0 Å². The van der Waals surface area contributed by atoms with Crippen LogP contribution in [0.3, 0.4) is 0 Å². The minimum absolute atomic E-state index is 0.201. The molecule has 0 aliphatic rings. The number of aromatic amines is 1. The lowest BCUT2D eigenvalue weighted by Crippen LogP contribution is -2.27. The summed E-state index contributed by atoms with van der Waals surface area (Å²) in [5.74, 6) is 0.515. The Balaban J connectivity index is 1.45. The van der Waals surface area contributed by atoms with E-state index in [9.17, 15) is 4.79 Å². The minimum atomic E-state index is -0.253. The van der Waals surface area contributed by atoms with Crippen molar-refractivity contribution in [1.82, 2.24) is 25.1 Å². The number of nitrogens with zero attached hydrogens (tertiary/aromatic N) is 3. The Bertz CT molecular complexity index is 1070. The summed E-state index contributed by atoms with van der Waals surface area (Å²) in [6.07, 6.45) is 3.27. The number of halogens is 1. The van der Waals surface area contributed by atoms with Gasteiger partial charge in [0.1, 0.15) is 5.82 Å². The number of hydrogen-bond acceptors (Lipinski definition) is 3. The van der Waals surface area contributed by atoms with Gasteiger partial charge in [0.05, 0.1) is 35.4 Å². The van der Waals surface area contributed by atoms with Crippen molar-refractivity contribution < 1.29 is 4.79 Å². The Kier molecular flexibility index (Phi) is 4.64. The standard InChI is InChI=1S/C20H18ClN5O/c1-13(19-24-17-8-4-5-9-18(17)25-19)23-20(27)15-10-22-26(12-15)11-14-6-2-3-7-16(14)21/h2-10,12-13H,11H2,1H3,(H,23,27)(H,24,25). The van der Waals surface area contributed by atoms with Crippen molar-refractivity contribution >= 4 is 28.5 Å². The van der Waals surface area contributed by atoms with E-state index >= 15 is 0 Å². The lowest BCUT2D eigenvalue weighted by Gasteiger charge is -2.10. The molecule has 0 fully saturated rings. The Morgan fingerprint density at radius 1 is 1.22 bits per heavy atom. The number of aromatic nitrogens is 4. The second-order valence-electron chi connectivity index (χ2n) is 6.35. The molecule has 0 saturated carbocycles. The molecule has 136 valence electrons. The number of H-pyrrole nitrogens is 1. The van der Waals surface area contributed by atoms with Crippen molar-refractivity contribution in [3.8, 4) is 0 Å². The van der Waals surface area contributed by atoms with Gasteiger partial charge in [-0.25, -0.2) is 4.98 Å². The number of amides is 1. The van der Waals surface area contributed by atoms with Crippen molar-refractivity contribution in [2.45, 2.75) is 19.5 Å². The molecule has 6 nitrogen and oxygen atoms in total. The predicted octanol–water partition coefficient (Wildman–Crippen LogP) is 3.95. The van der Waals surface area contributed by atoms with Crippen LogP contribution in [0, 0.1) is 0 Å². The maximum absolute atomic E-state index is 12.5. The summed E-state index contributed by atoms with van der Waals surface area (Å²) in [5.41, 5.74) is 3.26. The van der Waals surface area contributed by atoms with Crippen LogP contribution in [-0.4, -0.2) is 25.7 Å². The smallest absolute Gasteiger partial charge is 0.255 e. The molecule has 1 unspecified atom stereocenters. The van der Waals surface area contributed by atoms with Crippen LogP contribution in [0.2, 0.25) is 5.02 Å². The molecule has 2 N–H and O–H groups in total. The Labute approximate surface area is 161 Å². The zero-order valence-electron chi connectivity index (χ0n) is 14.7. The van der Waals surface area contributed by atoms with Gasteiger partial charge in [-0.1, -0.05) is 41.9 Å². The molecule has 0 aliphatic carbocycles. The van der Waals surface area contributed by atoms with E-state index in [0.29, 0.717) is 23.0 Å². The molecule has 1 atom stereocenters. The second-order valence-corrected chi connectivity index (χ2v) is 6.76. The highest BCUT2D eigenvalue weighted by Gasteiger charge is 2.16. The number of carbonyl (C=O) groups excluding carboxylic acids is 1. The molecular weight excluding hydrogens is 362 g/mol. The van der Waals surface area contributed by atoms with Crippen molar-refractivity contribution in [2.75, 3.05) is 0 Å². The second kappa shape index (κ2) is 7.25. The summed E-state index contributed by atoms with van der Waals surface area (Å²) < 4.78 is 1.70. The van der Waals surface area contributed by atoms with Crippen LogP contribution in [0.15, 0.2) is 60.9 Å². The molecule has 4 aromatic rings. The fraction of sp³-hybridized carbons (Fsp3) is 0.150. The summed E-state index contributed by atoms with van der Waals surface area (Å²) in [7, 11) is 0. The lowest BCUT2D eigenvalue weighted by atomic mass is 10.2. The molecule has 7 heteroatoms. The van der Waals surface area contributed by atoms with Gasteiger partial charge in [-0.3, -0.25) is 9.48 Å². The van der Waals surface area contributed by atoms with Crippen LogP contribution in [0.5, 0.6) is 0 Å². The highest BCUT2D eigenvalue weighted by Crippen LogP contribution is 2.17. The summed E-state index contributed by atoms with van der Waals surface area (Å²) in [5, 5.41) is 7.89. The summed E-state index contributed by atoms with van der Waals surface area (Å²) >= 11 is 6.18. The lowest BCUT2D eigenvalue weighted by molar-refractivity contribution is 0.0938. The number of fused-ring (bicyclic) bond motifs is 1. The molecule has 2 aromatic heterocycles. The first-order chi connectivity index (χ1) is 13.1. The van der Waals surface area contributed by atoms with Crippen LogP contribution in [-0.2, 0) is 6.54 Å². The van der Waals surface area contributed by atoms with Crippen molar-refractivity contribution in [3.63, 3.8) is 0 Å². The van der Waals surface area contributed by atoms with Crippen LogP contribution in [0.4, 0.5) is 0 Å². The summed E-state index contributed by atoms with van der Waals surface area (Å²) in [6, 6.07) is 15.1. The molecule has 0 bridgehead atoms. The fourth-order valence-electron chi connectivity index (χ4n) is 2.89. The van der Waals surface area contributed by atoms with Crippen LogP contribution in [0.1, 0.15) is 34.7 Å². The van der Waals surface area contributed by atoms with E-state index in [1.54, 1.807) is 17.1 Å². The minimum Gasteiger partial charge on any atom is -0.342 e. The van der Waals surface area contributed by atoms with Gasteiger partial charge in [0.15, 0.2) is 0 Å². The highest BCUT2D eigenvalue weighted by atomic mass is 35.5. The van der Waals surface area contributed by atoms with Crippen LogP contribution >= 0.6 is 11.6 Å². The maximum Gasteiger partial charge on any atom is 0.255 e. The number of rotatable bonds is 5. The fourth-order valence-corrected chi connectivity index (χ4v) is 3.09. The molecule has 2 heterocycles. The number of nitrogens with one attached hydrogen (secondary N) is 2. The third-order valence-electron chi connectivity index (χ3n) is 4.35. The van der Waals surface area contributed by atoms with Gasteiger partial charge < -0.3 is 10.3 Å². The number of para-hydroxylation sites is 2. The van der Waals surface area contributed by atoms with E-state index in [2.05, 4.69) is 20.4 Å². The molecule has 0 spiro atoms. The first-order valence-corrected chi connectivity index (χ1v) is 8.99. The highest BCUT2D eigenvalue weighted by molar-refractivity contribution is 6.31. The van der Waals surface area contributed by atoms with E-state index in [1.807, 2.05) is 55.5 Å². The number of carbonyl (C=O) groups is 1. The summed E-state index contributed by atoms with van der Waals surface area (Å²) in [4.78, 5) is 20.3. The topological polar surface area (TPSA) is 75.6 Å². The zero-order valence-corrected chi connectivity index (χ0v) is 15.4. The molecule has 1 amide bonds. The SMILES string of the molecule is CC(NC(=O)c1cnn(Cc2ccccc2Cl)c1)c1nc2ccccc2[nH]1. The molecule has 4 rings (SSSR count). The van der Waals surface area contributed by atoms with Gasteiger partial charge in [0, 0.05) is 11.2 Å². The normalized spacial score (nSPS) is 12.2. The average molecular weight is 380 g/mol. The molecular formula is C20H18ClN5O. The molecule has 27 heavy (non-hydrogen) atoms. The van der Waals surface area contributed by atoms with Crippen LogP contribution in [0.25, 0.3) is 11.0 Å². The Morgan fingerprint density at radius 2 is 2.00 bits per heavy atom. The van der Waals surface area contributed by atoms with E-state index in [0.717, 1.165) is 16.6 Å². The van der Waals surface area contributed by atoms with Gasteiger partial charge in [0.25, 0.3) is 5.91 Å². The monoisotopic (exact) mass is 379 g/mol. The molecule has 0 aliphatic heterocycles. The average Bonchev–Trinajstić information content (AvgIpc) is 3.30. The number of imidazole rings is 1. The predicted molar refractivity (Wildman–Crippen MR) is 105 cm³/mol. The van der Waals surface area contributed by atoms with E-state index in [4.69, 9.17) is 11.6 Å². The largest absolute Gasteiger partial charge is 0.342 e. The third-order valence-corrected chi connectivity index (χ3v) is 4.72. The zero-order chi connectivity index (χ0) is 18.8. The van der Waals surface area contributed by atoms with E-state index < -0.39 is 0 Å². The van der Waals surface area contributed by atoms with Gasteiger partial charge >= 0.3 is 0 Å². The number of hydrogen-bond donors (Lipinski definition) is 2. The van der Waals surface area contributed by atoms with Crippen LogP contribution < -0.4 is 5.32 Å². The quantitative estimate of drug-likeness (QED) is 0.551. The maximum atomic E-state index is 12.5. The molecule has 0 saturated heterocycles. The van der Waals surface area contributed by atoms with Crippen molar-refractivity contribution in [1.29, 1.82) is 0 Å². The van der Waals surface area contributed by atoms with E-state index in [1.165, 1.54) is 0 Å². The Morgan fingerprint density at radius 3 is 2.81 bits per heavy atom. The Hall–Kier alpha value is -3.12. The van der Waals surface area contributed by atoms with E-state index in [-0.39, 0.29) is 11.9 Å². The number of benzene rings is 2. The first-order valence-electron chi connectivity index (χ1n) is 8.61. The molecule has 0 radical (unpaired) electrons. The molecule has 2 aromatic carbocycles. The third kappa shape index (κ3) is 3.71. The van der Waals surface area contributed by atoms with Gasteiger partial charge in [0.2, 0.25) is 0 Å². The first kappa shape index (κ1) is 17.3. The van der Waals surface area contributed by atoms with Gasteiger partial charge in [-0.05, 0) is 30.7 Å². The van der Waals surface area contributed by atoms with Crippen molar-refractivity contribution in [3.05, 3.63) is 82.9 Å².